The molecule has 1 aromatic carbocycles. The quantitative estimate of drug-likeness (QED) is 0.729. The van der Waals surface area contributed by atoms with E-state index in [2.05, 4.69) is 0 Å². The van der Waals surface area contributed by atoms with Crippen molar-refractivity contribution < 1.29 is 23.8 Å². The summed E-state index contributed by atoms with van der Waals surface area (Å²) in [6.45, 7) is 0. The third-order valence-corrected chi connectivity index (χ3v) is 2.52. The van der Waals surface area contributed by atoms with E-state index in [-0.39, 0.29) is 23.4 Å². The summed E-state index contributed by atoms with van der Waals surface area (Å²) in [4.78, 5) is 10.3. The van der Waals surface area contributed by atoms with Crippen molar-refractivity contribution in [1.29, 1.82) is 0 Å². The zero-order valence-corrected chi connectivity index (χ0v) is 9.34. The van der Waals surface area contributed by atoms with Crippen LogP contribution in [0.25, 0.3) is 0 Å². The van der Waals surface area contributed by atoms with E-state index in [9.17, 15) is 13.6 Å². The average Bonchev–Trinajstić information content (AvgIpc) is 2.28. The molecule has 17 heavy (non-hydrogen) atoms. The number of nitrogens with two attached hydrogens (primary N) is 1. The summed E-state index contributed by atoms with van der Waals surface area (Å²) in [5.41, 5.74) is 5.26. The summed E-state index contributed by atoms with van der Waals surface area (Å²) in [5, 5.41) is 17.1. The molecule has 0 saturated heterocycles. The molecule has 94 valence electrons. The van der Waals surface area contributed by atoms with Crippen LogP contribution in [0.4, 0.5) is 8.78 Å². The highest BCUT2D eigenvalue weighted by atomic mass is 35.5. The largest absolute Gasteiger partial charge is 0.504 e. The molecule has 1 rings (SSSR count). The molecule has 0 bridgehead atoms. The number of carbonyl (C=O) groups is 1. The summed E-state index contributed by atoms with van der Waals surface area (Å²) in [6, 6.07) is -0.0133. The number of hydrogen-bond acceptors (Lipinski definition) is 3. The predicted octanol–water partition coefficient (Wildman–Crippen LogP) is 2.19. The van der Waals surface area contributed by atoms with Gasteiger partial charge in [0.05, 0.1) is 5.02 Å². The Balaban J connectivity index is 3.02. The first-order valence-corrected chi connectivity index (χ1v) is 5.06. The van der Waals surface area contributed by atoms with Crippen LogP contribution in [0.15, 0.2) is 6.07 Å². The Morgan fingerprint density at radius 1 is 1.47 bits per heavy atom. The van der Waals surface area contributed by atoms with Crippen LogP contribution < -0.4 is 5.73 Å². The number of benzene rings is 1. The standard InChI is InChI=1S/C10H10ClF2NO3/c11-5-3-4(6(14)1-2-7(15)16)8(12)9(13)10(5)17/h3,6,17H,1-2,14H2,(H,15,16). The highest BCUT2D eigenvalue weighted by molar-refractivity contribution is 6.32. The fraction of sp³-hybridized carbons (Fsp3) is 0.300. The summed E-state index contributed by atoms with van der Waals surface area (Å²) in [5.74, 6) is -4.88. The lowest BCUT2D eigenvalue weighted by Gasteiger charge is -2.13. The Bertz CT molecular complexity index is 454. The first kappa shape index (κ1) is 13.7. The maximum atomic E-state index is 13.4. The number of phenols is 1. The van der Waals surface area contributed by atoms with Crippen molar-refractivity contribution in [2.24, 2.45) is 5.73 Å². The number of carboxylic acid groups (broad SMARTS) is 1. The number of aromatic hydroxyl groups is 1. The van der Waals surface area contributed by atoms with Crippen LogP contribution in [0.5, 0.6) is 5.75 Å². The smallest absolute Gasteiger partial charge is 0.303 e. The van der Waals surface area contributed by atoms with E-state index in [1.165, 1.54) is 0 Å². The summed E-state index contributed by atoms with van der Waals surface area (Å²) < 4.78 is 26.5. The van der Waals surface area contributed by atoms with Crippen LogP contribution in [-0.2, 0) is 4.79 Å². The topological polar surface area (TPSA) is 83.6 Å². The van der Waals surface area contributed by atoms with Crippen LogP contribution in [0.3, 0.4) is 0 Å². The van der Waals surface area contributed by atoms with E-state index in [4.69, 9.17) is 27.5 Å². The predicted molar refractivity (Wildman–Crippen MR) is 56.8 cm³/mol. The van der Waals surface area contributed by atoms with Gasteiger partial charge in [-0.2, -0.15) is 4.39 Å². The molecule has 0 radical (unpaired) electrons. The van der Waals surface area contributed by atoms with E-state index in [0.717, 1.165) is 6.07 Å². The number of phenolic OH excluding ortho intramolecular Hbond substituents is 1. The van der Waals surface area contributed by atoms with Gasteiger partial charge in [-0.3, -0.25) is 4.79 Å². The van der Waals surface area contributed by atoms with Crippen molar-refractivity contribution in [2.75, 3.05) is 0 Å². The zero-order chi connectivity index (χ0) is 13.2. The molecule has 0 saturated carbocycles. The molecule has 1 atom stereocenters. The fourth-order valence-electron chi connectivity index (χ4n) is 1.31. The van der Waals surface area contributed by atoms with Crippen molar-refractivity contribution in [3.63, 3.8) is 0 Å². The van der Waals surface area contributed by atoms with Gasteiger partial charge in [-0.25, -0.2) is 4.39 Å². The maximum Gasteiger partial charge on any atom is 0.303 e. The Morgan fingerprint density at radius 3 is 2.59 bits per heavy atom. The molecular formula is C10H10ClF2NO3. The van der Waals surface area contributed by atoms with E-state index in [1.807, 2.05) is 0 Å². The second-order valence-electron chi connectivity index (χ2n) is 3.46. The van der Waals surface area contributed by atoms with Gasteiger partial charge in [-0.05, 0) is 12.5 Å². The van der Waals surface area contributed by atoms with Crippen LogP contribution in [-0.4, -0.2) is 16.2 Å². The number of rotatable bonds is 4. The Kier molecular flexibility index (Phi) is 4.25. The number of aliphatic carboxylic acids is 1. The molecule has 0 heterocycles. The van der Waals surface area contributed by atoms with Gasteiger partial charge in [0.25, 0.3) is 0 Å². The molecule has 0 fully saturated rings. The number of hydrogen-bond donors (Lipinski definition) is 3. The molecule has 0 amide bonds. The van der Waals surface area contributed by atoms with Gasteiger partial charge in [0.1, 0.15) is 0 Å². The van der Waals surface area contributed by atoms with Crippen LogP contribution in [0.1, 0.15) is 24.4 Å². The van der Waals surface area contributed by atoms with Crippen LogP contribution in [0.2, 0.25) is 5.02 Å². The monoisotopic (exact) mass is 265 g/mol. The van der Waals surface area contributed by atoms with Gasteiger partial charge >= 0.3 is 5.97 Å². The molecule has 4 nitrogen and oxygen atoms in total. The third-order valence-electron chi connectivity index (χ3n) is 2.23. The summed E-state index contributed by atoms with van der Waals surface area (Å²) in [6.07, 6.45) is -0.340. The van der Waals surface area contributed by atoms with E-state index in [0.29, 0.717) is 0 Å². The SMILES string of the molecule is NC(CCC(=O)O)c1cc(Cl)c(O)c(F)c1F. The van der Waals surface area contributed by atoms with Crippen molar-refractivity contribution in [3.05, 3.63) is 28.3 Å². The molecule has 0 aliphatic carbocycles. The Hall–Kier alpha value is -1.40. The molecule has 1 unspecified atom stereocenters. The maximum absolute atomic E-state index is 13.4. The first-order valence-electron chi connectivity index (χ1n) is 4.68. The lowest BCUT2D eigenvalue weighted by atomic mass is 10.0. The molecule has 0 aliphatic heterocycles. The molecule has 1 aromatic rings. The van der Waals surface area contributed by atoms with E-state index in [1.54, 1.807) is 0 Å². The van der Waals surface area contributed by atoms with Gasteiger partial charge in [-0.1, -0.05) is 11.6 Å². The van der Waals surface area contributed by atoms with Gasteiger partial charge in [0.2, 0.25) is 5.82 Å². The number of carboxylic acids is 1. The second kappa shape index (κ2) is 5.29. The summed E-state index contributed by atoms with van der Waals surface area (Å²) >= 11 is 5.47. The molecule has 4 N–H and O–H groups in total. The van der Waals surface area contributed by atoms with Gasteiger partial charge < -0.3 is 15.9 Å². The molecule has 7 heteroatoms. The van der Waals surface area contributed by atoms with Crippen LogP contribution in [0, 0.1) is 11.6 Å². The van der Waals surface area contributed by atoms with Gasteiger partial charge in [0.15, 0.2) is 11.6 Å². The van der Waals surface area contributed by atoms with Crippen molar-refractivity contribution in [1.82, 2.24) is 0 Å². The minimum absolute atomic E-state index is 0.0627. The average molecular weight is 266 g/mol. The highest BCUT2D eigenvalue weighted by Gasteiger charge is 2.21. The van der Waals surface area contributed by atoms with Gasteiger partial charge in [0, 0.05) is 18.0 Å². The van der Waals surface area contributed by atoms with Crippen molar-refractivity contribution >= 4 is 17.6 Å². The summed E-state index contributed by atoms with van der Waals surface area (Å²) in [7, 11) is 0. The Morgan fingerprint density at radius 2 is 2.06 bits per heavy atom. The minimum Gasteiger partial charge on any atom is -0.504 e. The van der Waals surface area contributed by atoms with Gasteiger partial charge in [-0.15, -0.1) is 0 Å². The third kappa shape index (κ3) is 3.04. The Labute approximate surface area is 101 Å². The van der Waals surface area contributed by atoms with E-state index >= 15 is 0 Å². The van der Waals surface area contributed by atoms with Crippen LogP contribution >= 0.6 is 11.6 Å². The lowest BCUT2D eigenvalue weighted by molar-refractivity contribution is -0.137. The number of halogens is 3. The molecule has 0 aliphatic rings. The second-order valence-corrected chi connectivity index (χ2v) is 3.87. The van der Waals surface area contributed by atoms with Crippen molar-refractivity contribution in [2.45, 2.75) is 18.9 Å². The zero-order valence-electron chi connectivity index (χ0n) is 8.58. The molecule has 0 spiro atoms. The fourth-order valence-corrected chi connectivity index (χ4v) is 1.51. The van der Waals surface area contributed by atoms with Crippen molar-refractivity contribution in [3.8, 4) is 5.75 Å². The van der Waals surface area contributed by atoms with E-state index < -0.39 is 29.4 Å². The molecular weight excluding hydrogens is 256 g/mol. The lowest BCUT2D eigenvalue weighted by Crippen LogP contribution is -2.14. The highest BCUT2D eigenvalue weighted by Crippen LogP contribution is 2.33. The minimum atomic E-state index is -1.49. The normalized spacial score (nSPS) is 12.5. The molecule has 0 aromatic heterocycles. The first-order chi connectivity index (χ1) is 7.84.